The first-order chi connectivity index (χ1) is 8.52. The van der Waals surface area contributed by atoms with Crippen molar-refractivity contribution in [1.29, 1.82) is 0 Å². The van der Waals surface area contributed by atoms with Crippen molar-refractivity contribution in [2.45, 2.75) is 25.4 Å². The number of hydrogen-bond donors (Lipinski definition) is 3. The van der Waals surface area contributed by atoms with Gasteiger partial charge in [0, 0.05) is 11.8 Å². The number of aromatic hydroxyl groups is 1. The lowest BCUT2D eigenvalue weighted by Crippen LogP contribution is -2.46. The molecule has 0 saturated heterocycles. The van der Waals surface area contributed by atoms with Gasteiger partial charge in [0.2, 0.25) is 5.91 Å². The highest BCUT2D eigenvalue weighted by atomic mass is 32.2. The summed E-state index contributed by atoms with van der Waals surface area (Å²) < 4.78 is 0. The van der Waals surface area contributed by atoms with Gasteiger partial charge in [-0.2, -0.15) is 11.8 Å². The molecule has 18 heavy (non-hydrogen) atoms. The molecule has 1 amide bonds. The summed E-state index contributed by atoms with van der Waals surface area (Å²) in [5, 5.41) is 12.0. The summed E-state index contributed by atoms with van der Waals surface area (Å²) in [6, 6.07) is 6.30. The van der Waals surface area contributed by atoms with Gasteiger partial charge in [0.05, 0.1) is 6.04 Å². The molecule has 0 radical (unpaired) electrons. The van der Waals surface area contributed by atoms with Crippen molar-refractivity contribution in [3.05, 3.63) is 29.8 Å². The number of nitrogens with one attached hydrogen (secondary N) is 1. The minimum absolute atomic E-state index is 0.123. The van der Waals surface area contributed by atoms with E-state index in [1.165, 1.54) is 0 Å². The van der Waals surface area contributed by atoms with Crippen LogP contribution in [-0.4, -0.2) is 35.1 Å². The average molecular weight is 268 g/mol. The van der Waals surface area contributed by atoms with Crippen molar-refractivity contribution < 1.29 is 9.90 Å². The molecule has 2 atom stereocenters. The third-order valence-corrected chi connectivity index (χ3v) is 3.37. The molecule has 0 heterocycles. The number of carbonyl (C=O) groups is 1. The number of amides is 1. The standard InChI is InChI=1S/C13H20N2O2S/c1-9(8-18-2)15-13(17)12(14)7-10-3-5-11(16)6-4-10/h3-6,9,12,16H,7-8,14H2,1-2H3,(H,15,17)/t9?,12-/m0/s1. The number of carbonyl (C=O) groups excluding carboxylic acids is 1. The normalized spacial score (nSPS) is 13.9. The molecule has 1 unspecified atom stereocenters. The summed E-state index contributed by atoms with van der Waals surface area (Å²) in [6.07, 6.45) is 2.47. The van der Waals surface area contributed by atoms with Gasteiger partial charge in [-0.25, -0.2) is 0 Å². The smallest absolute Gasteiger partial charge is 0.237 e. The lowest BCUT2D eigenvalue weighted by Gasteiger charge is -2.16. The number of nitrogens with two attached hydrogens (primary N) is 1. The topological polar surface area (TPSA) is 75.4 Å². The maximum absolute atomic E-state index is 11.8. The fourth-order valence-corrected chi connectivity index (χ4v) is 2.20. The lowest BCUT2D eigenvalue weighted by atomic mass is 10.1. The van der Waals surface area contributed by atoms with Crippen molar-refractivity contribution in [3.63, 3.8) is 0 Å². The summed E-state index contributed by atoms with van der Waals surface area (Å²) in [5.74, 6) is 0.951. The van der Waals surface area contributed by atoms with Crippen LogP contribution < -0.4 is 11.1 Å². The van der Waals surface area contributed by atoms with E-state index in [4.69, 9.17) is 10.8 Å². The summed E-state index contributed by atoms with van der Waals surface area (Å²) >= 11 is 1.69. The zero-order chi connectivity index (χ0) is 13.5. The van der Waals surface area contributed by atoms with Gasteiger partial charge in [-0.1, -0.05) is 12.1 Å². The van der Waals surface area contributed by atoms with Crippen molar-refractivity contribution in [3.8, 4) is 5.75 Å². The Morgan fingerprint density at radius 2 is 2.06 bits per heavy atom. The van der Waals surface area contributed by atoms with Crippen LogP contribution in [0.5, 0.6) is 5.75 Å². The van der Waals surface area contributed by atoms with Gasteiger partial charge in [0.1, 0.15) is 5.75 Å². The van der Waals surface area contributed by atoms with Crippen molar-refractivity contribution in [1.82, 2.24) is 5.32 Å². The monoisotopic (exact) mass is 268 g/mol. The van der Waals surface area contributed by atoms with E-state index in [-0.39, 0.29) is 17.7 Å². The van der Waals surface area contributed by atoms with Gasteiger partial charge in [-0.15, -0.1) is 0 Å². The van der Waals surface area contributed by atoms with E-state index in [1.54, 1.807) is 36.0 Å². The highest BCUT2D eigenvalue weighted by molar-refractivity contribution is 7.98. The van der Waals surface area contributed by atoms with Crippen molar-refractivity contribution in [2.75, 3.05) is 12.0 Å². The predicted octanol–water partition coefficient (Wildman–Crippen LogP) is 1.13. The Morgan fingerprint density at radius 3 is 2.61 bits per heavy atom. The Bertz CT molecular complexity index is 381. The molecule has 1 aromatic carbocycles. The quantitative estimate of drug-likeness (QED) is 0.723. The van der Waals surface area contributed by atoms with E-state index in [0.717, 1.165) is 11.3 Å². The predicted molar refractivity (Wildman–Crippen MR) is 75.8 cm³/mol. The molecule has 0 aliphatic carbocycles. The SMILES string of the molecule is CSCC(C)NC(=O)[C@@H](N)Cc1ccc(O)cc1. The third-order valence-electron chi connectivity index (χ3n) is 2.53. The van der Waals surface area contributed by atoms with Crippen LogP contribution in [0, 0.1) is 0 Å². The Morgan fingerprint density at radius 1 is 1.44 bits per heavy atom. The number of phenols is 1. The average Bonchev–Trinajstić information content (AvgIpc) is 2.32. The molecule has 100 valence electrons. The fourth-order valence-electron chi connectivity index (χ4n) is 1.62. The molecule has 4 N–H and O–H groups in total. The van der Waals surface area contributed by atoms with Crippen LogP contribution in [0.1, 0.15) is 12.5 Å². The third kappa shape index (κ3) is 4.98. The minimum Gasteiger partial charge on any atom is -0.508 e. The highest BCUT2D eigenvalue weighted by Gasteiger charge is 2.15. The molecule has 0 aromatic heterocycles. The maximum Gasteiger partial charge on any atom is 0.237 e. The van der Waals surface area contributed by atoms with Gasteiger partial charge >= 0.3 is 0 Å². The van der Waals surface area contributed by atoms with E-state index < -0.39 is 6.04 Å². The van der Waals surface area contributed by atoms with Gasteiger partial charge in [0.25, 0.3) is 0 Å². The van der Waals surface area contributed by atoms with Crippen LogP contribution in [0.15, 0.2) is 24.3 Å². The number of phenolic OH excluding ortho intramolecular Hbond substituents is 1. The molecule has 0 saturated carbocycles. The second kappa shape index (κ2) is 7.28. The summed E-state index contributed by atoms with van der Waals surface area (Å²) in [7, 11) is 0. The molecular formula is C13H20N2O2S. The van der Waals surface area contributed by atoms with Gasteiger partial charge in [0.15, 0.2) is 0 Å². The Kier molecular flexibility index (Phi) is 6.01. The second-order valence-corrected chi connectivity index (χ2v) is 5.25. The van der Waals surface area contributed by atoms with E-state index in [0.29, 0.717) is 6.42 Å². The van der Waals surface area contributed by atoms with E-state index in [2.05, 4.69) is 5.32 Å². The highest BCUT2D eigenvalue weighted by Crippen LogP contribution is 2.11. The number of thioether (sulfide) groups is 1. The fraction of sp³-hybridized carbons (Fsp3) is 0.462. The minimum atomic E-state index is -0.557. The van der Waals surface area contributed by atoms with Gasteiger partial charge in [-0.05, 0) is 37.3 Å². The first-order valence-electron chi connectivity index (χ1n) is 5.85. The zero-order valence-electron chi connectivity index (χ0n) is 10.7. The van der Waals surface area contributed by atoms with Gasteiger partial charge < -0.3 is 16.2 Å². The molecule has 5 heteroatoms. The first kappa shape index (κ1) is 14.9. The number of rotatable bonds is 6. The largest absolute Gasteiger partial charge is 0.508 e. The Labute approximate surface area is 112 Å². The van der Waals surface area contributed by atoms with E-state index in [9.17, 15) is 4.79 Å². The molecule has 4 nitrogen and oxygen atoms in total. The lowest BCUT2D eigenvalue weighted by molar-refractivity contribution is -0.122. The van der Waals surface area contributed by atoms with Crippen LogP contribution in [0.3, 0.4) is 0 Å². The number of hydrogen-bond acceptors (Lipinski definition) is 4. The molecule has 1 aromatic rings. The molecule has 0 bridgehead atoms. The molecule has 0 aliphatic heterocycles. The van der Waals surface area contributed by atoms with Crippen LogP contribution in [-0.2, 0) is 11.2 Å². The Hall–Kier alpha value is -1.20. The second-order valence-electron chi connectivity index (χ2n) is 4.34. The van der Waals surface area contributed by atoms with Crippen molar-refractivity contribution in [2.24, 2.45) is 5.73 Å². The summed E-state index contributed by atoms with van der Waals surface area (Å²) in [5.41, 5.74) is 6.79. The summed E-state index contributed by atoms with van der Waals surface area (Å²) in [6.45, 7) is 1.96. The molecule has 1 rings (SSSR count). The zero-order valence-corrected chi connectivity index (χ0v) is 11.5. The van der Waals surface area contributed by atoms with Crippen LogP contribution >= 0.6 is 11.8 Å². The van der Waals surface area contributed by atoms with E-state index in [1.807, 2.05) is 13.2 Å². The molecule has 0 spiro atoms. The van der Waals surface area contributed by atoms with Crippen LogP contribution in [0.4, 0.5) is 0 Å². The van der Waals surface area contributed by atoms with Crippen molar-refractivity contribution >= 4 is 17.7 Å². The Balaban J connectivity index is 2.46. The maximum atomic E-state index is 11.8. The number of benzene rings is 1. The van der Waals surface area contributed by atoms with E-state index >= 15 is 0 Å². The molecular weight excluding hydrogens is 248 g/mol. The first-order valence-corrected chi connectivity index (χ1v) is 7.25. The van der Waals surface area contributed by atoms with Crippen LogP contribution in [0.2, 0.25) is 0 Å². The molecule has 0 fully saturated rings. The van der Waals surface area contributed by atoms with Crippen LogP contribution in [0.25, 0.3) is 0 Å². The van der Waals surface area contributed by atoms with Gasteiger partial charge in [-0.3, -0.25) is 4.79 Å². The summed E-state index contributed by atoms with van der Waals surface area (Å²) in [4.78, 5) is 11.8. The molecule has 0 aliphatic rings.